The van der Waals surface area contributed by atoms with Gasteiger partial charge in [-0.1, -0.05) is 68.4 Å². The van der Waals surface area contributed by atoms with E-state index in [2.05, 4.69) is 15.1 Å². The van der Waals surface area contributed by atoms with E-state index >= 15 is 0 Å². The van der Waals surface area contributed by atoms with Gasteiger partial charge in [0.2, 0.25) is 5.89 Å². The molecule has 2 aromatic carbocycles. The smallest absolute Gasteiger partial charge is 0.339 e. The first-order chi connectivity index (χ1) is 14.4. The van der Waals surface area contributed by atoms with Crippen LogP contribution in [0.2, 0.25) is 0 Å². The Morgan fingerprint density at radius 2 is 1.77 bits per heavy atom. The van der Waals surface area contributed by atoms with E-state index < -0.39 is 5.97 Å². The van der Waals surface area contributed by atoms with Crippen molar-refractivity contribution in [3.8, 4) is 22.8 Å². The second-order valence-electron chi connectivity index (χ2n) is 7.78. The number of ether oxygens (including phenoxy) is 1. The van der Waals surface area contributed by atoms with Crippen molar-refractivity contribution in [1.29, 1.82) is 0 Å². The normalized spacial score (nSPS) is 11.4. The topological polar surface area (TPSA) is 91.2 Å². The first kappa shape index (κ1) is 19.6. The number of nitrogens with zero attached hydrogens (tertiary/aromatic N) is 3. The summed E-state index contributed by atoms with van der Waals surface area (Å²) in [6, 6.07) is 16.6. The van der Waals surface area contributed by atoms with Crippen LogP contribution in [0.3, 0.4) is 0 Å². The summed E-state index contributed by atoms with van der Waals surface area (Å²) in [6.45, 7) is 5.81. The molecule has 0 N–H and O–H groups in total. The van der Waals surface area contributed by atoms with Crippen molar-refractivity contribution in [1.82, 2.24) is 15.1 Å². The van der Waals surface area contributed by atoms with Crippen LogP contribution in [0, 0.1) is 0 Å². The molecule has 4 rings (SSSR count). The summed E-state index contributed by atoms with van der Waals surface area (Å²) < 4.78 is 16.5. The van der Waals surface area contributed by atoms with E-state index in [-0.39, 0.29) is 17.9 Å². The van der Waals surface area contributed by atoms with Gasteiger partial charge in [0, 0.05) is 11.0 Å². The Morgan fingerprint density at radius 1 is 1.03 bits per heavy atom. The van der Waals surface area contributed by atoms with E-state index in [0.717, 1.165) is 5.56 Å². The molecule has 0 aliphatic carbocycles. The third-order valence-corrected chi connectivity index (χ3v) is 4.41. The fourth-order valence-electron chi connectivity index (χ4n) is 2.81. The quantitative estimate of drug-likeness (QED) is 0.431. The molecule has 0 amide bonds. The van der Waals surface area contributed by atoms with Gasteiger partial charge in [0.15, 0.2) is 18.2 Å². The molecule has 4 aromatic rings. The number of esters is 1. The van der Waals surface area contributed by atoms with Gasteiger partial charge in [-0.05, 0) is 12.1 Å². The van der Waals surface area contributed by atoms with Crippen LogP contribution in [0.1, 0.15) is 42.8 Å². The maximum atomic E-state index is 12.7. The van der Waals surface area contributed by atoms with Crippen LogP contribution >= 0.6 is 0 Å². The zero-order valence-electron chi connectivity index (χ0n) is 17.0. The van der Waals surface area contributed by atoms with Gasteiger partial charge in [-0.2, -0.15) is 4.98 Å². The molecular formula is C23H21N3O4. The maximum absolute atomic E-state index is 12.7. The summed E-state index contributed by atoms with van der Waals surface area (Å²) in [5, 5.41) is 3.93. The zero-order chi connectivity index (χ0) is 21.1. The number of carbonyl (C=O) groups excluding carboxylic acids is 1. The number of rotatable bonds is 5. The van der Waals surface area contributed by atoms with Crippen molar-refractivity contribution < 1.29 is 18.5 Å². The molecule has 0 saturated carbocycles. The van der Waals surface area contributed by atoms with Crippen molar-refractivity contribution >= 4 is 5.97 Å². The molecule has 0 saturated heterocycles. The standard InChI is InChI=1S/C23H21N3O4/c1-23(2,3)22-25-19(30-26-22)14-28-21(27)17-12-8-7-11-16(17)20-24-13-18(29-20)15-9-5-4-6-10-15/h4-13H,14H2,1-3H3. The third kappa shape index (κ3) is 4.15. The number of aromatic nitrogens is 3. The lowest BCUT2D eigenvalue weighted by Gasteiger charge is -2.10. The molecular weight excluding hydrogens is 382 g/mol. The number of hydrogen-bond donors (Lipinski definition) is 0. The lowest BCUT2D eigenvalue weighted by atomic mass is 9.96. The Morgan fingerprint density at radius 3 is 2.50 bits per heavy atom. The number of hydrogen-bond acceptors (Lipinski definition) is 7. The van der Waals surface area contributed by atoms with Crippen LogP contribution in [0.25, 0.3) is 22.8 Å². The predicted octanol–water partition coefficient (Wildman–Crippen LogP) is 5.05. The van der Waals surface area contributed by atoms with Gasteiger partial charge >= 0.3 is 5.97 Å². The Hall–Kier alpha value is -3.74. The minimum atomic E-state index is -0.527. The lowest BCUT2D eigenvalue weighted by molar-refractivity contribution is 0.0430. The van der Waals surface area contributed by atoms with Gasteiger partial charge in [-0.15, -0.1) is 0 Å². The van der Waals surface area contributed by atoms with Gasteiger partial charge in [0.1, 0.15) is 0 Å². The van der Waals surface area contributed by atoms with Crippen LogP contribution in [-0.2, 0) is 16.8 Å². The third-order valence-electron chi connectivity index (χ3n) is 4.41. The summed E-state index contributed by atoms with van der Waals surface area (Å²) in [4.78, 5) is 21.3. The molecule has 0 bridgehead atoms. The zero-order valence-corrected chi connectivity index (χ0v) is 17.0. The van der Waals surface area contributed by atoms with Crippen molar-refractivity contribution in [3.63, 3.8) is 0 Å². The molecule has 0 unspecified atom stereocenters. The monoisotopic (exact) mass is 403 g/mol. The largest absolute Gasteiger partial charge is 0.452 e. The lowest BCUT2D eigenvalue weighted by Crippen LogP contribution is -2.13. The Labute approximate surface area is 173 Å². The molecule has 0 aliphatic rings. The molecule has 0 fully saturated rings. The van der Waals surface area contributed by atoms with E-state index in [1.165, 1.54) is 0 Å². The number of carbonyl (C=O) groups is 1. The molecule has 2 heterocycles. The first-order valence-corrected chi connectivity index (χ1v) is 9.52. The van der Waals surface area contributed by atoms with Crippen LogP contribution in [0.15, 0.2) is 69.7 Å². The van der Waals surface area contributed by atoms with Gasteiger partial charge in [0.25, 0.3) is 5.89 Å². The van der Waals surface area contributed by atoms with E-state index in [1.807, 2.05) is 57.2 Å². The van der Waals surface area contributed by atoms with Crippen LogP contribution in [-0.4, -0.2) is 21.1 Å². The molecule has 7 heteroatoms. The highest BCUT2D eigenvalue weighted by molar-refractivity contribution is 5.96. The molecule has 0 spiro atoms. The fourth-order valence-corrected chi connectivity index (χ4v) is 2.81. The van der Waals surface area contributed by atoms with Crippen molar-refractivity contribution in [2.45, 2.75) is 32.8 Å². The highest BCUT2D eigenvalue weighted by atomic mass is 16.6. The first-order valence-electron chi connectivity index (χ1n) is 9.52. The fraction of sp³-hybridized carbons (Fsp3) is 0.217. The number of benzene rings is 2. The van der Waals surface area contributed by atoms with Crippen molar-refractivity contribution in [2.24, 2.45) is 0 Å². The second-order valence-corrected chi connectivity index (χ2v) is 7.78. The second kappa shape index (κ2) is 7.94. The number of oxazole rings is 1. The summed E-state index contributed by atoms with van der Waals surface area (Å²) in [5.74, 6) is 1.24. The molecule has 2 aromatic heterocycles. The van der Waals surface area contributed by atoms with Gasteiger partial charge in [0.05, 0.1) is 17.3 Å². The molecule has 152 valence electrons. The molecule has 7 nitrogen and oxygen atoms in total. The van der Waals surface area contributed by atoms with Gasteiger partial charge in [-0.3, -0.25) is 0 Å². The highest BCUT2D eigenvalue weighted by Crippen LogP contribution is 2.28. The van der Waals surface area contributed by atoms with Gasteiger partial charge < -0.3 is 13.7 Å². The Bertz CT molecular complexity index is 1160. The molecule has 0 aliphatic heterocycles. The molecule has 0 atom stereocenters. The predicted molar refractivity (Wildman–Crippen MR) is 109 cm³/mol. The van der Waals surface area contributed by atoms with Crippen LogP contribution < -0.4 is 0 Å². The van der Waals surface area contributed by atoms with E-state index in [0.29, 0.717) is 28.6 Å². The van der Waals surface area contributed by atoms with Crippen molar-refractivity contribution in [3.05, 3.63) is 78.1 Å². The van der Waals surface area contributed by atoms with Crippen LogP contribution in [0.4, 0.5) is 0 Å². The minimum absolute atomic E-state index is 0.114. The highest BCUT2D eigenvalue weighted by Gasteiger charge is 2.22. The summed E-state index contributed by atoms with van der Waals surface area (Å²) in [5.41, 5.74) is 1.54. The van der Waals surface area contributed by atoms with Gasteiger partial charge in [-0.25, -0.2) is 9.78 Å². The van der Waals surface area contributed by atoms with Crippen LogP contribution in [0.5, 0.6) is 0 Å². The summed E-state index contributed by atoms with van der Waals surface area (Å²) in [7, 11) is 0. The van der Waals surface area contributed by atoms with E-state index in [9.17, 15) is 4.79 Å². The Balaban J connectivity index is 1.53. The average Bonchev–Trinajstić information content (AvgIpc) is 3.42. The van der Waals surface area contributed by atoms with Crippen molar-refractivity contribution in [2.75, 3.05) is 0 Å². The molecule has 30 heavy (non-hydrogen) atoms. The minimum Gasteiger partial charge on any atom is -0.452 e. The average molecular weight is 403 g/mol. The SMILES string of the molecule is CC(C)(C)c1noc(COC(=O)c2ccccc2-c2ncc(-c3ccccc3)o2)n1. The summed E-state index contributed by atoms with van der Waals surface area (Å²) >= 11 is 0. The maximum Gasteiger partial charge on any atom is 0.339 e. The molecule has 0 radical (unpaired) electrons. The van der Waals surface area contributed by atoms with E-state index in [4.69, 9.17) is 13.7 Å². The van der Waals surface area contributed by atoms with E-state index in [1.54, 1.807) is 24.4 Å². The summed E-state index contributed by atoms with van der Waals surface area (Å²) in [6.07, 6.45) is 1.64. The Kier molecular flexibility index (Phi) is 5.18.